The molecule has 9 heavy (non-hydrogen) atoms. The SMILES string of the molecule is C[C@@H]1C[C@H](C=O)CCS1. The summed E-state index contributed by atoms with van der Waals surface area (Å²) < 4.78 is 0. The second kappa shape index (κ2) is 3.25. The minimum Gasteiger partial charge on any atom is -0.303 e. The van der Waals surface area contributed by atoms with Crippen LogP contribution >= 0.6 is 11.8 Å². The minimum atomic E-state index is 0.362. The quantitative estimate of drug-likeness (QED) is 0.521. The van der Waals surface area contributed by atoms with E-state index in [9.17, 15) is 4.79 Å². The second-order valence-corrected chi connectivity index (χ2v) is 4.15. The van der Waals surface area contributed by atoms with E-state index in [4.69, 9.17) is 0 Å². The first kappa shape index (κ1) is 7.13. The summed E-state index contributed by atoms with van der Waals surface area (Å²) in [7, 11) is 0. The zero-order valence-electron chi connectivity index (χ0n) is 5.67. The molecule has 0 N–H and O–H groups in total. The van der Waals surface area contributed by atoms with Crippen LogP contribution in [-0.4, -0.2) is 17.3 Å². The van der Waals surface area contributed by atoms with Gasteiger partial charge in [0, 0.05) is 11.2 Å². The monoisotopic (exact) mass is 144 g/mol. The topological polar surface area (TPSA) is 17.1 Å². The number of thioether (sulfide) groups is 1. The standard InChI is InChI=1S/C7H12OS/c1-6-4-7(5-8)2-3-9-6/h5-7H,2-4H2,1H3/t6-,7-/m1/s1. The average molecular weight is 144 g/mol. The van der Waals surface area contributed by atoms with Crippen LogP contribution in [0.2, 0.25) is 0 Å². The highest BCUT2D eigenvalue weighted by Gasteiger charge is 2.17. The largest absolute Gasteiger partial charge is 0.303 e. The Balaban J connectivity index is 2.31. The third-order valence-corrected chi connectivity index (χ3v) is 2.95. The van der Waals surface area contributed by atoms with E-state index in [1.807, 2.05) is 11.8 Å². The first-order valence-electron chi connectivity index (χ1n) is 3.40. The van der Waals surface area contributed by atoms with Gasteiger partial charge in [-0.05, 0) is 18.6 Å². The number of rotatable bonds is 1. The summed E-state index contributed by atoms with van der Waals surface area (Å²) in [5.74, 6) is 1.53. The molecule has 0 aromatic carbocycles. The highest BCUT2D eigenvalue weighted by atomic mass is 32.2. The average Bonchev–Trinajstić information content (AvgIpc) is 1.88. The van der Waals surface area contributed by atoms with E-state index in [2.05, 4.69) is 6.92 Å². The molecule has 1 saturated heterocycles. The van der Waals surface area contributed by atoms with E-state index in [-0.39, 0.29) is 0 Å². The summed E-state index contributed by atoms with van der Waals surface area (Å²) in [5.41, 5.74) is 0. The minimum absolute atomic E-state index is 0.362. The summed E-state index contributed by atoms with van der Waals surface area (Å²) in [6.45, 7) is 2.19. The zero-order valence-corrected chi connectivity index (χ0v) is 6.49. The number of carbonyl (C=O) groups is 1. The molecule has 0 spiro atoms. The highest BCUT2D eigenvalue weighted by molar-refractivity contribution is 7.99. The molecule has 1 heterocycles. The molecule has 1 rings (SSSR count). The van der Waals surface area contributed by atoms with Crippen molar-refractivity contribution in [3.05, 3.63) is 0 Å². The number of aldehydes is 1. The zero-order chi connectivity index (χ0) is 6.69. The van der Waals surface area contributed by atoms with E-state index in [1.165, 1.54) is 5.75 Å². The summed E-state index contributed by atoms with van der Waals surface area (Å²) in [4.78, 5) is 10.3. The molecule has 0 amide bonds. The van der Waals surface area contributed by atoms with Gasteiger partial charge in [0.1, 0.15) is 6.29 Å². The van der Waals surface area contributed by atoms with Gasteiger partial charge in [0.15, 0.2) is 0 Å². The molecule has 1 aliphatic heterocycles. The van der Waals surface area contributed by atoms with Gasteiger partial charge in [-0.1, -0.05) is 6.92 Å². The van der Waals surface area contributed by atoms with Crippen LogP contribution in [-0.2, 0) is 4.79 Å². The van der Waals surface area contributed by atoms with Gasteiger partial charge in [0.05, 0.1) is 0 Å². The highest BCUT2D eigenvalue weighted by Crippen LogP contribution is 2.27. The van der Waals surface area contributed by atoms with E-state index >= 15 is 0 Å². The van der Waals surface area contributed by atoms with Crippen LogP contribution in [0.4, 0.5) is 0 Å². The predicted octanol–water partition coefficient (Wildman–Crippen LogP) is 1.72. The van der Waals surface area contributed by atoms with Crippen molar-refractivity contribution in [2.75, 3.05) is 5.75 Å². The van der Waals surface area contributed by atoms with Crippen molar-refractivity contribution in [2.45, 2.75) is 25.0 Å². The molecule has 0 unspecified atom stereocenters. The molecule has 0 radical (unpaired) electrons. The lowest BCUT2D eigenvalue weighted by atomic mass is 10.0. The van der Waals surface area contributed by atoms with Crippen molar-refractivity contribution >= 4 is 18.0 Å². The molecule has 1 aliphatic rings. The Morgan fingerprint density at radius 3 is 2.89 bits per heavy atom. The summed E-state index contributed by atoms with van der Waals surface area (Å²) >= 11 is 1.98. The van der Waals surface area contributed by atoms with Crippen molar-refractivity contribution in [1.29, 1.82) is 0 Å². The van der Waals surface area contributed by atoms with Crippen LogP contribution in [0.3, 0.4) is 0 Å². The smallest absolute Gasteiger partial charge is 0.123 e. The van der Waals surface area contributed by atoms with Crippen molar-refractivity contribution < 1.29 is 4.79 Å². The Labute approximate surface area is 60.2 Å². The van der Waals surface area contributed by atoms with Crippen LogP contribution in [0.25, 0.3) is 0 Å². The van der Waals surface area contributed by atoms with Crippen LogP contribution in [0.5, 0.6) is 0 Å². The molecule has 1 fully saturated rings. The van der Waals surface area contributed by atoms with Gasteiger partial charge in [0.25, 0.3) is 0 Å². The van der Waals surface area contributed by atoms with Crippen molar-refractivity contribution in [1.82, 2.24) is 0 Å². The number of carbonyl (C=O) groups excluding carboxylic acids is 1. The second-order valence-electron chi connectivity index (χ2n) is 2.60. The summed E-state index contributed by atoms with van der Waals surface area (Å²) in [6.07, 6.45) is 3.29. The molecule has 2 heteroatoms. The Hall–Kier alpha value is 0.0200. The van der Waals surface area contributed by atoms with Gasteiger partial charge in [0.2, 0.25) is 0 Å². The molecule has 1 nitrogen and oxygen atoms in total. The maximum Gasteiger partial charge on any atom is 0.123 e. The van der Waals surface area contributed by atoms with Gasteiger partial charge in [-0.2, -0.15) is 11.8 Å². The maximum absolute atomic E-state index is 10.3. The molecular formula is C7H12OS. The van der Waals surface area contributed by atoms with Crippen LogP contribution in [0, 0.1) is 5.92 Å². The Kier molecular flexibility index (Phi) is 2.58. The van der Waals surface area contributed by atoms with E-state index < -0.39 is 0 Å². The van der Waals surface area contributed by atoms with Crippen LogP contribution < -0.4 is 0 Å². The Bertz CT molecular complexity index is 103. The van der Waals surface area contributed by atoms with Crippen LogP contribution in [0.1, 0.15) is 19.8 Å². The molecule has 0 aromatic rings. The molecule has 52 valence electrons. The predicted molar refractivity (Wildman–Crippen MR) is 40.7 cm³/mol. The normalized spacial score (nSPS) is 36.1. The van der Waals surface area contributed by atoms with Crippen molar-refractivity contribution in [3.8, 4) is 0 Å². The third kappa shape index (κ3) is 2.01. The van der Waals surface area contributed by atoms with E-state index in [1.54, 1.807) is 0 Å². The van der Waals surface area contributed by atoms with Crippen molar-refractivity contribution in [3.63, 3.8) is 0 Å². The van der Waals surface area contributed by atoms with Gasteiger partial charge in [-0.3, -0.25) is 0 Å². The first-order valence-corrected chi connectivity index (χ1v) is 4.44. The molecule has 0 aromatic heterocycles. The molecule has 0 aliphatic carbocycles. The fourth-order valence-corrected chi connectivity index (χ4v) is 2.38. The lowest BCUT2D eigenvalue weighted by Gasteiger charge is -2.21. The summed E-state index contributed by atoms with van der Waals surface area (Å²) in [5, 5.41) is 0.703. The van der Waals surface area contributed by atoms with Gasteiger partial charge in [-0.25, -0.2) is 0 Å². The molecular weight excluding hydrogens is 132 g/mol. The molecule has 2 atom stereocenters. The molecule has 0 bridgehead atoms. The lowest BCUT2D eigenvalue weighted by Crippen LogP contribution is -2.16. The third-order valence-electron chi connectivity index (χ3n) is 1.72. The van der Waals surface area contributed by atoms with Gasteiger partial charge in [-0.15, -0.1) is 0 Å². The Morgan fingerprint density at radius 1 is 1.67 bits per heavy atom. The molecule has 0 saturated carbocycles. The lowest BCUT2D eigenvalue weighted by molar-refractivity contribution is -0.111. The van der Waals surface area contributed by atoms with E-state index in [0.717, 1.165) is 19.1 Å². The fraction of sp³-hybridized carbons (Fsp3) is 0.857. The maximum atomic E-state index is 10.3. The van der Waals surface area contributed by atoms with Crippen LogP contribution in [0.15, 0.2) is 0 Å². The van der Waals surface area contributed by atoms with E-state index in [0.29, 0.717) is 11.2 Å². The first-order chi connectivity index (χ1) is 4.33. The Morgan fingerprint density at radius 2 is 2.44 bits per heavy atom. The van der Waals surface area contributed by atoms with Crippen molar-refractivity contribution in [2.24, 2.45) is 5.92 Å². The van der Waals surface area contributed by atoms with Gasteiger partial charge < -0.3 is 4.79 Å². The van der Waals surface area contributed by atoms with Gasteiger partial charge >= 0.3 is 0 Å². The fourth-order valence-electron chi connectivity index (χ4n) is 1.16. The number of hydrogen-bond donors (Lipinski definition) is 0. The summed E-state index contributed by atoms with van der Waals surface area (Å²) in [6, 6.07) is 0. The number of hydrogen-bond acceptors (Lipinski definition) is 2.